The number of carboxylic acid groups (broad SMARTS) is 1. The van der Waals surface area contributed by atoms with Crippen molar-refractivity contribution in [3.63, 3.8) is 0 Å². The number of phenols is 1. The summed E-state index contributed by atoms with van der Waals surface area (Å²) >= 11 is 0. The molecule has 0 amide bonds. The summed E-state index contributed by atoms with van der Waals surface area (Å²) in [5, 5.41) is 43.6. The van der Waals surface area contributed by atoms with Crippen molar-refractivity contribution in [3.05, 3.63) is 29.3 Å². The van der Waals surface area contributed by atoms with Crippen LogP contribution in [0.3, 0.4) is 0 Å². The van der Waals surface area contributed by atoms with Crippen LogP contribution in [0.15, 0.2) is 23.4 Å². The van der Waals surface area contributed by atoms with E-state index in [2.05, 4.69) is 12.1 Å². The highest BCUT2D eigenvalue weighted by Gasteiger charge is 2.58. The number of hydrogen-bond donors (Lipinski definition) is 4. The number of carboxylic acids is 1. The summed E-state index contributed by atoms with van der Waals surface area (Å²) in [4.78, 5) is 15.7. The third-order valence-electron chi connectivity index (χ3n) is 6.95. The topological polar surface area (TPSA) is 120 Å². The Morgan fingerprint density at radius 1 is 1.37 bits per heavy atom. The maximum Gasteiger partial charge on any atom is 0.344 e. The summed E-state index contributed by atoms with van der Waals surface area (Å²) in [6.07, 6.45) is 1.40. The number of aliphatic hydroxyl groups is 2. The van der Waals surface area contributed by atoms with Crippen LogP contribution in [-0.4, -0.2) is 50.9 Å². The average Bonchev–Trinajstić information content (AvgIpc) is 2.85. The molecule has 1 aromatic carbocycles. The summed E-state index contributed by atoms with van der Waals surface area (Å²) in [5.41, 5.74) is 2.15. The first kappa shape index (κ1) is 18.3. The molecule has 4 N–H and O–H groups in total. The Hall–Kier alpha value is -2.12. The van der Waals surface area contributed by atoms with Gasteiger partial charge in [-0.1, -0.05) is 18.1 Å². The molecule has 0 radical (unpaired) electrons. The molecule has 0 bridgehead atoms. The normalized spacial score (nSPS) is 38.8. The first-order chi connectivity index (χ1) is 12.8. The van der Waals surface area contributed by atoms with Crippen molar-refractivity contribution in [1.29, 1.82) is 0 Å². The van der Waals surface area contributed by atoms with Crippen LogP contribution in [0.25, 0.3) is 0 Å². The van der Waals surface area contributed by atoms with Crippen molar-refractivity contribution < 1.29 is 30.1 Å². The maximum atomic E-state index is 10.7. The van der Waals surface area contributed by atoms with E-state index in [9.17, 15) is 20.1 Å². The van der Waals surface area contributed by atoms with E-state index >= 15 is 0 Å². The van der Waals surface area contributed by atoms with Gasteiger partial charge in [0, 0.05) is 5.56 Å². The highest BCUT2D eigenvalue weighted by molar-refractivity contribution is 6.03. The number of phenolic OH excluding ortho intramolecular Hbond substituents is 1. The highest BCUT2D eigenvalue weighted by Crippen LogP contribution is 2.61. The molecule has 2 fully saturated rings. The Kier molecular flexibility index (Phi) is 4.39. The molecular formula is C20H25NO6. The smallest absolute Gasteiger partial charge is 0.344 e. The minimum Gasteiger partial charge on any atom is -0.508 e. The Bertz CT molecular complexity index is 793. The molecule has 0 saturated heterocycles. The molecule has 2 saturated carbocycles. The molecule has 0 unspecified atom stereocenters. The summed E-state index contributed by atoms with van der Waals surface area (Å²) in [6.45, 7) is 1.53. The van der Waals surface area contributed by atoms with E-state index in [4.69, 9.17) is 9.94 Å². The zero-order valence-electron chi connectivity index (χ0n) is 15.2. The molecule has 6 atom stereocenters. The predicted molar refractivity (Wildman–Crippen MR) is 96.5 cm³/mol. The van der Waals surface area contributed by atoms with Crippen LogP contribution >= 0.6 is 0 Å². The third-order valence-corrected chi connectivity index (χ3v) is 6.95. The number of oxime groups is 1. The minimum absolute atomic E-state index is 0.130. The number of benzene rings is 1. The van der Waals surface area contributed by atoms with E-state index < -0.39 is 24.8 Å². The number of carbonyl (C=O) groups is 1. The third kappa shape index (κ3) is 2.89. The van der Waals surface area contributed by atoms with Crippen LogP contribution in [0.5, 0.6) is 5.75 Å². The van der Waals surface area contributed by atoms with Gasteiger partial charge in [-0.3, -0.25) is 0 Å². The molecule has 7 heteroatoms. The molecule has 7 nitrogen and oxygen atoms in total. The van der Waals surface area contributed by atoms with Crippen LogP contribution in [0.2, 0.25) is 0 Å². The molecule has 0 spiro atoms. The molecular weight excluding hydrogens is 350 g/mol. The van der Waals surface area contributed by atoms with Gasteiger partial charge >= 0.3 is 5.97 Å². The number of hydrogen-bond acceptors (Lipinski definition) is 6. The number of fused-ring (bicyclic) bond motifs is 5. The van der Waals surface area contributed by atoms with Gasteiger partial charge in [0.15, 0.2) is 0 Å². The number of aliphatic carboxylic acids is 1. The lowest BCUT2D eigenvalue weighted by Crippen LogP contribution is -2.45. The lowest BCUT2D eigenvalue weighted by atomic mass is 9.55. The summed E-state index contributed by atoms with van der Waals surface area (Å²) < 4.78 is 0. The second-order valence-corrected chi connectivity index (χ2v) is 8.35. The quantitative estimate of drug-likeness (QED) is 0.599. The number of nitrogens with zero attached hydrogens (tertiary/aromatic N) is 1. The number of aromatic hydroxyl groups is 1. The molecule has 27 heavy (non-hydrogen) atoms. The van der Waals surface area contributed by atoms with Crippen molar-refractivity contribution in [2.75, 3.05) is 6.61 Å². The van der Waals surface area contributed by atoms with Crippen molar-refractivity contribution in [2.24, 2.45) is 22.4 Å². The van der Waals surface area contributed by atoms with Crippen molar-refractivity contribution in [3.8, 4) is 5.75 Å². The fourth-order valence-electron chi connectivity index (χ4n) is 5.65. The summed E-state index contributed by atoms with van der Waals surface area (Å²) in [5.74, 6) is -0.385. The fraction of sp³-hybridized carbons (Fsp3) is 0.600. The Labute approximate surface area is 157 Å². The van der Waals surface area contributed by atoms with Crippen LogP contribution in [0.4, 0.5) is 0 Å². The SMILES string of the molecule is C[C@]12CC[C@@H]3c4ccc(O)cc4/C(=N/OCC(=O)O)C[C@H]3[C@H]1C[C@@H](O)[C@@H]2O. The van der Waals surface area contributed by atoms with Gasteiger partial charge in [-0.15, -0.1) is 0 Å². The molecule has 1 aromatic rings. The zero-order valence-corrected chi connectivity index (χ0v) is 15.2. The van der Waals surface area contributed by atoms with E-state index in [1.807, 2.05) is 6.07 Å². The van der Waals surface area contributed by atoms with Crippen LogP contribution in [-0.2, 0) is 9.63 Å². The first-order valence-corrected chi connectivity index (χ1v) is 9.41. The van der Waals surface area contributed by atoms with E-state index in [1.165, 1.54) is 0 Å². The van der Waals surface area contributed by atoms with Gasteiger partial charge in [-0.25, -0.2) is 4.79 Å². The first-order valence-electron chi connectivity index (χ1n) is 9.41. The fourth-order valence-corrected chi connectivity index (χ4v) is 5.65. The Balaban J connectivity index is 1.73. The van der Waals surface area contributed by atoms with Gasteiger partial charge in [0.25, 0.3) is 0 Å². The van der Waals surface area contributed by atoms with Crippen molar-refractivity contribution >= 4 is 11.7 Å². The molecule has 0 aromatic heterocycles. The van der Waals surface area contributed by atoms with Crippen LogP contribution in [0, 0.1) is 17.3 Å². The van der Waals surface area contributed by atoms with Crippen LogP contribution < -0.4 is 0 Å². The van der Waals surface area contributed by atoms with E-state index in [0.29, 0.717) is 18.6 Å². The second kappa shape index (κ2) is 6.49. The molecule has 3 aliphatic carbocycles. The Morgan fingerprint density at radius 3 is 2.89 bits per heavy atom. The second-order valence-electron chi connectivity index (χ2n) is 8.35. The molecule has 4 rings (SSSR count). The van der Waals surface area contributed by atoms with Gasteiger partial charge in [0.1, 0.15) is 5.75 Å². The largest absolute Gasteiger partial charge is 0.508 e. The van der Waals surface area contributed by atoms with Gasteiger partial charge in [-0.05, 0) is 66.5 Å². The van der Waals surface area contributed by atoms with E-state index in [0.717, 1.165) is 24.0 Å². The number of aliphatic hydroxyl groups excluding tert-OH is 2. The predicted octanol–water partition coefficient (Wildman–Crippen LogP) is 1.84. The van der Waals surface area contributed by atoms with Gasteiger partial charge < -0.3 is 25.3 Å². The highest BCUT2D eigenvalue weighted by atomic mass is 16.6. The minimum atomic E-state index is -1.10. The Morgan fingerprint density at radius 2 is 2.15 bits per heavy atom. The molecule has 146 valence electrons. The molecule has 0 heterocycles. The van der Waals surface area contributed by atoms with Gasteiger partial charge in [-0.2, -0.15) is 0 Å². The standard InChI is InChI=1S/C20H25NO6/c1-20-5-4-12-11-3-2-10(22)6-14(11)16(21-27-9-18(24)25)7-13(12)15(20)8-17(23)19(20)26/h2-3,6,12-13,15,17,19,22-23,26H,4-5,7-9H2,1H3,(H,24,25)/b21-16+/t12-,13-,15-,17-,19+,20+/m1/s1. The lowest BCUT2D eigenvalue weighted by Gasteiger charge is -2.49. The monoisotopic (exact) mass is 375 g/mol. The van der Waals surface area contributed by atoms with Gasteiger partial charge in [0.05, 0.1) is 17.9 Å². The van der Waals surface area contributed by atoms with E-state index in [1.54, 1.807) is 12.1 Å². The molecule has 3 aliphatic rings. The summed E-state index contributed by atoms with van der Waals surface area (Å²) in [7, 11) is 0. The number of rotatable bonds is 3. The van der Waals surface area contributed by atoms with Crippen LogP contribution in [0.1, 0.15) is 49.7 Å². The van der Waals surface area contributed by atoms with E-state index in [-0.39, 0.29) is 28.9 Å². The summed E-state index contributed by atoms with van der Waals surface area (Å²) in [6, 6.07) is 5.21. The van der Waals surface area contributed by atoms with Crippen molar-refractivity contribution in [1.82, 2.24) is 0 Å². The van der Waals surface area contributed by atoms with Crippen molar-refractivity contribution in [2.45, 2.75) is 50.7 Å². The lowest BCUT2D eigenvalue weighted by molar-refractivity contribution is -0.142. The maximum absolute atomic E-state index is 10.7. The zero-order chi connectivity index (χ0) is 19.3. The average molecular weight is 375 g/mol. The van der Waals surface area contributed by atoms with Gasteiger partial charge in [0.2, 0.25) is 6.61 Å². The molecule has 0 aliphatic heterocycles.